The van der Waals surface area contributed by atoms with Gasteiger partial charge in [-0.15, -0.1) is 24.8 Å². The van der Waals surface area contributed by atoms with Crippen LogP contribution in [-0.4, -0.2) is 42.3 Å². The number of hydrogen-bond acceptors (Lipinski definition) is 3. The molecule has 0 aromatic rings. The van der Waals surface area contributed by atoms with Crippen molar-refractivity contribution >= 4 is 24.8 Å². The van der Waals surface area contributed by atoms with E-state index in [1.807, 2.05) is 0 Å². The standard InChI is InChI=1S/C14H28N2O.2ClH/c1-3-17-13-4-8-14(2,9-5-13)16-10-6-12(15)7-11-16;;/h12-13H,3-11,15H2,1-2H3;2*1H. The highest BCUT2D eigenvalue weighted by Gasteiger charge is 2.37. The predicted molar refractivity (Wildman–Crippen MR) is 85.6 cm³/mol. The zero-order chi connectivity index (χ0) is 12.3. The lowest BCUT2D eigenvalue weighted by atomic mass is 9.79. The number of ether oxygens (including phenoxy) is 1. The Labute approximate surface area is 130 Å². The van der Waals surface area contributed by atoms with Crippen LogP contribution in [0.3, 0.4) is 0 Å². The van der Waals surface area contributed by atoms with E-state index in [1.54, 1.807) is 0 Å². The molecule has 2 rings (SSSR count). The Bertz CT molecular complexity index is 238. The molecule has 0 unspecified atom stereocenters. The van der Waals surface area contributed by atoms with Crippen LogP contribution in [0.4, 0.5) is 0 Å². The van der Waals surface area contributed by atoms with Crippen molar-refractivity contribution in [1.82, 2.24) is 4.90 Å². The Hall–Kier alpha value is 0.460. The third-order valence-electron chi connectivity index (χ3n) is 4.72. The van der Waals surface area contributed by atoms with Crippen LogP contribution in [0.2, 0.25) is 0 Å². The lowest BCUT2D eigenvalue weighted by Crippen LogP contribution is -2.54. The van der Waals surface area contributed by atoms with Gasteiger partial charge in [-0.2, -0.15) is 0 Å². The smallest absolute Gasteiger partial charge is 0.0576 e. The van der Waals surface area contributed by atoms with Crippen molar-refractivity contribution < 1.29 is 4.74 Å². The topological polar surface area (TPSA) is 38.5 Å². The SMILES string of the molecule is CCOC1CCC(C)(N2CCC(N)CC2)CC1.Cl.Cl. The maximum atomic E-state index is 5.98. The van der Waals surface area contributed by atoms with Gasteiger partial charge in [-0.1, -0.05) is 0 Å². The summed E-state index contributed by atoms with van der Waals surface area (Å²) in [6.07, 6.45) is 7.88. The number of rotatable bonds is 3. The van der Waals surface area contributed by atoms with E-state index < -0.39 is 0 Å². The highest BCUT2D eigenvalue weighted by atomic mass is 35.5. The van der Waals surface area contributed by atoms with E-state index in [0.717, 1.165) is 6.61 Å². The fourth-order valence-electron chi connectivity index (χ4n) is 3.37. The highest BCUT2D eigenvalue weighted by molar-refractivity contribution is 5.85. The van der Waals surface area contributed by atoms with Crippen LogP contribution >= 0.6 is 24.8 Å². The first-order chi connectivity index (χ1) is 8.14. The van der Waals surface area contributed by atoms with Gasteiger partial charge in [-0.25, -0.2) is 0 Å². The molecule has 0 bridgehead atoms. The molecule has 116 valence electrons. The van der Waals surface area contributed by atoms with Gasteiger partial charge < -0.3 is 10.5 Å². The van der Waals surface area contributed by atoms with Crippen molar-refractivity contribution in [2.24, 2.45) is 5.73 Å². The van der Waals surface area contributed by atoms with E-state index in [1.165, 1.54) is 51.6 Å². The second-order valence-corrected chi connectivity index (χ2v) is 5.98. The van der Waals surface area contributed by atoms with Gasteiger partial charge in [0.25, 0.3) is 0 Å². The molecule has 0 spiro atoms. The molecular formula is C14H30Cl2N2O. The van der Waals surface area contributed by atoms with Gasteiger partial charge in [0.15, 0.2) is 0 Å². The Morgan fingerprint density at radius 1 is 1.11 bits per heavy atom. The number of nitrogens with zero attached hydrogens (tertiary/aromatic N) is 1. The van der Waals surface area contributed by atoms with Crippen molar-refractivity contribution in [1.29, 1.82) is 0 Å². The van der Waals surface area contributed by atoms with Gasteiger partial charge in [-0.3, -0.25) is 4.90 Å². The molecule has 1 heterocycles. The second kappa shape index (κ2) is 8.68. The zero-order valence-corrected chi connectivity index (χ0v) is 13.9. The van der Waals surface area contributed by atoms with E-state index in [9.17, 15) is 0 Å². The number of likely N-dealkylation sites (tertiary alicyclic amines) is 1. The molecule has 5 heteroatoms. The molecule has 1 saturated carbocycles. The molecule has 2 aliphatic rings. The van der Waals surface area contributed by atoms with E-state index in [0.29, 0.717) is 17.7 Å². The van der Waals surface area contributed by atoms with Gasteiger partial charge in [0, 0.05) is 31.3 Å². The van der Waals surface area contributed by atoms with Crippen molar-refractivity contribution in [2.45, 2.75) is 70.1 Å². The molecule has 0 amide bonds. The molecular weight excluding hydrogens is 283 g/mol. The Morgan fingerprint density at radius 2 is 1.63 bits per heavy atom. The predicted octanol–water partition coefficient (Wildman–Crippen LogP) is 2.99. The van der Waals surface area contributed by atoms with Gasteiger partial charge in [-0.05, 0) is 52.4 Å². The quantitative estimate of drug-likeness (QED) is 0.870. The number of hydrogen-bond donors (Lipinski definition) is 1. The summed E-state index contributed by atoms with van der Waals surface area (Å²) in [5.41, 5.74) is 6.40. The Morgan fingerprint density at radius 3 is 2.11 bits per heavy atom. The van der Waals surface area contributed by atoms with Crippen molar-refractivity contribution in [3.8, 4) is 0 Å². The normalized spacial score (nSPS) is 33.3. The van der Waals surface area contributed by atoms with Crippen LogP contribution in [0.1, 0.15) is 52.4 Å². The minimum Gasteiger partial charge on any atom is -0.379 e. The van der Waals surface area contributed by atoms with Gasteiger partial charge >= 0.3 is 0 Å². The van der Waals surface area contributed by atoms with Gasteiger partial charge in [0.05, 0.1) is 6.10 Å². The summed E-state index contributed by atoms with van der Waals surface area (Å²) in [7, 11) is 0. The first kappa shape index (κ1) is 19.5. The summed E-state index contributed by atoms with van der Waals surface area (Å²) in [5.74, 6) is 0. The van der Waals surface area contributed by atoms with Crippen molar-refractivity contribution in [3.05, 3.63) is 0 Å². The van der Waals surface area contributed by atoms with Crippen molar-refractivity contribution in [3.63, 3.8) is 0 Å². The average Bonchev–Trinajstić information content (AvgIpc) is 2.33. The summed E-state index contributed by atoms with van der Waals surface area (Å²) >= 11 is 0. The average molecular weight is 313 g/mol. The molecule has 1 aliphatic heterocycles. The molecule has 0 aromatic carbocycles. The minimum atomic E-state index is 0. The van der Waals surface area contributed by atoms with Crippen LogP contribution in [-0.2, 0) is 4.74 Å². The fraction of sp³-hybridized carbons (Fsp3) is 1.00. The molecule has 19 heavy (non-hydrogen) atoms. The summed E-state index contributed by atoms with van der Waals surface area (Å²) in [5, 5.41) is 0. The Kier molecular flexibility index (Phi) is 8.89. The molecule has 3 nitrogen and oxygen atoms in total. The van der Waals surface area contributed by atoms with E-state index in [4.69, 9.17) is 10.5 Å². The summed E-state index contributed by atoms with van der Waals surface area (Å²) in [6.45, 7) is 7.78. The molecule has 2 N–H and O–H groups in total. The minimum absolute atomic E-state index is 0. The summed E-state index contributed by atoms with van der Waals surface area (Å²) < 4.78 is 5.74. The molecule has 0 aromatic heterocycles. The molecule has 0 radical (unpaired) electrons. The maximum absolute atomic E-state index is 5.98. The maximum Gasteiger partial charge on any atom is 0.0576 e. The first-order valence-electron chi connectivity index (χ1n) is 7.26. The number of nitrogens with two attached hydrogens (primary N) is 1. The Balaban J connectivity index is 0.00000162. The first-order valence-corrected chi connectivity index (χ1v) is 7.26. The van der Waals surface area contributed by atoms with Crippen LogP contribution in [0.25, 0.3) is 0 Å². The van der Waals surface area contributed by atoms with E-state index >= 15 is 0 Å². The molecule has 2 fully saturated rings. The van der Waals surface area contributed by atoms with Crippen LogP contribution < -0.4 is 5.73 Å². The summed E-state index contributed by atoms with van der Waals surface area (Å²) in [4.78, 5) is 2.68. The zero-order valence-electron chi connectivity index (χ0n) is 12.3. The largest absolute Gasteiger partial charge is 0.379 e. The van der Waals surface area contributed by atoms with Gasteiger partial charge in [0.1, 0.15) is 0 Å². The number of halogens is 2. The lowest BCUT2D eigenvalue weighted by molar-refractivity contribution is -0.0248. The molecule has 1 aliphatic carbocycles. The third-order valence-corrected chi connectivity index (χ3v) is 4.72. The second-order valence-electron chi connectivity index (χ2n) is 5.98. The molecule has 0 atom stereocenters. The van der Waals surface area contributed by atoms with Crippen LogP contribution in [0.15, 0.2) is 0 Å². The fourth-order valence-corrected chi connectivity index (χ4v) is 3.37. The van der Waals surface area contributed by atoms with E-state index in [-0.39, 0.29) is 24.8 Å². The summed E-state index contributed by atoms with van der Waals surface area (Å²) in [6, 6.07) is 0.439. The van der Waals surface area contributed by atoms with Crippen LogP contribution in [0.5, 0.6) is 0 Å². The van der Waals surface area contributed by atoms with Gasteiger partial charge in [0.2, 0.25) is 0 Å². The van der Waals surface area contributed by atoms with Crippen LogP contribution in [0, 0.1) is 0 Å². The van der Waals surface area contributed by atoms with Crippen molar-refractivity contribution in [2.75, 3.05) is 19.7 Å². The lowest BCUT2D eigenvalue weighted by Gasteiger charge is -2.48. The number of piperidine rings is 1. The highest BCUT2D eigenvalue weighted by Crippen LogP contribution is 2.35. The third kappa shape index (κ3) is 5.05. The monoisotopic (exact) mass is 312 g/mol. The molecule has 1 saturated heterocycles. The van der Waals surface area contributed by atoms with E-state index in [2.05, 4.69) is 18.7 Å².